The molecule has 1 amide bonds. The SMILES string of the molecule is CC1(C)OCC(CN2CC(C)(c3ccc(OCc4ccccc4)cc3)C2=O)O1. The molecule has 2 aromatic rings. The van der Waals surface area contributed by atoms with Crippen LogP contribution in [-0.2, 0) is 26.3 Å². The maximum Gasteiger partial charge on any atom is 0.234 e. The fourth-order valence-electron chi connectivity index (χ4n) is 3.90. The molecule has 28 heavy (non-hydrogen) atoms. The monoisotopic (exact) mass is 381 g/mol. The normalized spacial score (nSPS) is 26.2. The summed E-state index contributed by atoms with van der Waals surface area (Å²) in [6, 6.07) is 17.9. The third-order valence-corrected chi connectivity index (χ3v) is 5.50. The number of hydrogen-bond acceptors (Lipinski definition) is 4. The number of likely N-dealkylation sites (tertiary alicyclic amines) is 1. The molecule has 2 aliphatic heterocycles. The molecule has 2 fully saturated rings. The Morgan fingerprint density at radius 1 is 1.07 bits per heavy atom. The molecule has 0 radical (unpaired) electrons. The van der Waals surface area contributed by atoms with Gasteiger partial charge in [-0.15, -0.1) is 0 Å². The Labute approximate surface area is 166 Å². The van der Waals surface area contributed by atoms with E-state index < -0.39 is 11.2 Å². The Morgan fingerprint density at radius 2 is 1.79 bits per heavy atom. The Hall–Kier alpha value is -2.37. The molecule has 2 saturated heterocycles. The summed E-state index contributed by atoms with van der Waals surface area (Å²) < 4.78 is 17.3. The number of nitrogens with zero attached hydrogens (tertiary/aromatic N) is 1. The number of β-lactam (4-membered cyclic amide) rings is 1. The number of hydrogen-bond donors (Lipinski definition) is 0. The van der Waals surface area contributed by atoms with Crippen LogP contribution >= 0.6 is 0 Å². The van der Waals surface area contributed by atoms with Gasteiger partial charge in [-0.2, -0.15) is 0 Å². The largest absolute Gasteiger partial charge is 0.489 e. The highest BCUT2D eigenvalue weighted by molar-refractivity contribution is 5.94. The summed E-state index contributed by atoms with van der Waals surface area (Å²) in [5, 5.41) is 0. The number of ether oxygens (including phenoxy) is 3. The lowest BCUT2D eigenvalue weighted by Gasteiger charge is -2.47. The first-order valence-corrected chi connectivity index (χ1v) is 9.74. The highest BCUT2D eigenvalue weighted by Gasteiger charge is 2.50. The zero-order valence-electron chi connectivity index (χ0n) is 16.7. The molecule has 0 aliphatic carbocycles. The van der Waals surface area contributed by atoms with Crippen molar-refractivity contribution in [2.75, 3.05) is 19.7 Å². The Morgan fingerprint density at radius 3 is 2.39 bits per heavy atom. The molecule has 0 N–H and O–H groups in total. The van der Waals surface area contributed by atoms with Crippen LogP contribution in [0.15, 0.2) is 54.6 Å². The van der Waals surface area contributed by atoms with Crippen molar-refractivity contribution in [1.82, 2.24) is 4.90 Å². The van der Waals surface area contributed by atoms with E-state index in [-0.39, 0.29) is 12.0 Å². The third kappa shape index (κ3) is 3.77. The molecule has 2 atom stereocenters. The van der Waals surface area contributed by atoms with Crippen LogP contribution in [0.2, 0.25) is 0 Å². The Balaban J connectivity index is 1.33. The molecule has 2 aliphatic rings. The second-order valence-corrected chi connectivity index (χ2v) is 8.27. The van der Waals surface area contributed by atoms with E-state index in [1.54, 1.807) is 0 Å². The van der Waals surface area contributed by atoms with Gasteiger partial charge in [-0.3, -0.25) is 4.79 Å². The summed E-state index contributed by atoms with van der Waals surface area (Å²) in [5.41, 5.74) is 1.67. The van der Waals surface area contributed by atoms with E-state index in [1.807, 2.05) is 80.3 Å². The maximum absolute atomic E-state index is 12.8. The van der Waals surface area contributed by atoms with Gasteiger partial charge in [0, 0.05) is 13.1 Å². The predicted molar refractivity (Wildman–Crippen MR) is 106 cm³/mol. The van der Waals surface area contributed by atoms with Gasteiger partial charge in [0.1, 0.15) is 18.5 Å². The van der Waals surface area contributed by atoms with E-state index in [0.29, 0.717) is 26.3 Å². The number of benzene rings is 2. The molecule has 0 bridgehead atoms. The van der Waals surface area contributed by atoms with E-state index in [2.05, 4.69) is 0 Å². The molecule has 0 saturated carbocycles. The first-order valence-electron chi connectivity index (χ1n) is 9.74. The standard InChI is InChI=1S/C23H27NO4/c1-22(2)27-15-20(28-22)13-24-16-23(3,21(24)25)18-9-11-19(12-10-18)26-14-17-7-5-4-6-8-17/h4-12,20H,13-16H2,1-3H3. The minimum Gasteiger partial charge on any atom is -0.489 e. The summed E-state index contributed by atoms with van der Waals surface area (Å²) in [6.07, 6.45) is -0.0581. The fraction of sp³-hybridized carbons (Fsp3) is 0.435. The van der Waals surface area contributed by atoms with E-state index in [9.17, 15) is 4.79 Å². The van der Waals surface area contributed by atoms with Gasteiger partial charge in [-0.1, -0.05) is 42.5 Å². The van der Waals surface area contributed by atoms with Gasteiger partial charge in [0.25, 0.3) is 0 Å². The van der Waals surface area contributed by atoms with Crippen LogP contribution in [0.4, 0.5) is 0 Å². The molecular formula is C23H27NO4. The lowest BCUT2D eigenvalue weighted by molar-refractivity contribution is -0.159. The van der Waals surface area contributed by atoms with Crippen LogP contribution in [0.25, 0.3) is 0 Å². The van der Waals surface area contributed by atoms with E-state index in [4.69, 9.17) is 14.2 Å². The second kappa shape index (κ2) is 7.22. The lowest BCUT2D eigenvalue weighted by Crippen LogP contribution is -2.64. The first kappa shape index (κ1) is 19.0. The van der Waals surface area contributed by atoms with Crippen LogP contribution in [0, 0.1) is 0 Å². The van der Waals surface area contributed by atoms with Crippen molar-refractivity contribution >= 4 is 5.91 Å². The van der Waals surface area contributed by atoms with Crippen LogP contribution in [0.1, 0.15) is 31.9 Å². The van der Waals surface area contributed by atoms with Crippen molar-refractivity contribution in [3.63, 3.8) is 0 Å². The van der Waals surface area contributed by atoms with Crippen molar-refractivity contribution in [1.29, 1.82) is 0 Å². The number of rotatable bonds is 6. The van der Waals surface area contributed by atoms with Crippen LogP contribution < -0.4 is 4.74 Å². The van der Waals surface area contributed by atoms with Crippen LogP contribution in [0.3, 0.4) is 0 Å². The molecule has 4 rings (SSSR count). The third-order valence-electron chi connectivity index (χ3n) is 5.50. The van der Waals surface area contributed by atoms with Gasteiger partial charge in [0.05, 0.1) is 12.0 Å². The van der Waals surface area contributed by atoms with Gasteiger partial charge in [-0.25, -0.2) is 0 Å². The van der Waals surface area contributed by atoms with Gasteiger partial charge in [0.15, 0.2) is 5.79 Å². The molecule has 2 aromatic carbocycles. The van der Waals surface area contributed by atoms with Gasteiger partial charge < -0.3 is 19.1 Å². The summed E-state index contributed by atoms with van der Waals surface area (Å²) in [5.74, 6) is 0.384. The number of carbonyl (C=O) groups is 1. The highest BCUT2D eigenvalue weighted by Crippen LogP contribution is 2.37. The topological polar surface area (TPSA) is 48.0 Å². The summed E-state index contributed by atoms with van der Waals surface area (Å²) >= 11 is 0. The molecule has 5 heteroatoms. The number of carbonyl (C=O) groups excluding carboxylic acids is 1. The van der Waals surface area contributed by atoms with Crippen molar-refractivity contribution in [2.24, 2.45) is 0 Å². The molecule has 5 nitrogen and oxygen atoms in total. The molecule has 2 heterocycles. The van der Waals surface area contributed by atoms with Gasteiger partial charge >= 0.3 is 0 Å². The predicted octanol–water partition coefficient (Wildman–Crippen LogP) is 3.52. The lowest BCUT2D eigenvalue weighted by atomic mass is 9.74. The number of amides is 1. The van der Waals surface area contributed by atoms with Gasteiger partial charge in [0.2, 0.25) is 5.91 Å². The fourth-order valence-corrected chi connectivity index (χ4v) is 3.90. The molecule has 0 aromatic heterocycles. The summed E-state index contributed by atoms with van der Waals surface area (Å²) in [7, 11) is 0. The second-order valence-electron chi connectivity index (χ2n) is 8.27. The quantitative estimate of drug-likeness (QED) is 0.719. The Kier molecular flexibility index (Phi) is 4.89. The van der Waals surface area contributed by atoms with Crippen molar-refractivity contribution in [2.45, 2.75) is 44.7 Å². The Bertz CT molecular complexity index is 833. The van der Waals surface area contributed by atoms with Crippen molar-refractivity contribution in [3.8, 4) is 5.75 Å². The summed E-state index contributed by atoms with van der Waals surface area (Å²) in [6.45, 7) is 8.13. The molecule has 2 unspecified atom stereocenters. The van der Waals surface area contributed by atoms with Crippen molar-refractivity contribution < 1.29 is 19.0 Å². The van der Waals surface area contributed by atoms with E-state index in [0.717, 1.165) is 16.9 Å². The zero-order chi connectivity index (χ0) is 19.8. The minimum absolute atomic E-state index is 0.0581. The van der Waals surface area contributed by atoms with Crippen molar-refractivity contribution in [3.05, 3.63) is 65.7 Å². The highest BCUT2D eigenvalue weighted by atomic mass is 16.7. The van der Waals surface area contributed by atoms with Crippen LogP contribution in [-0.4, -0.2) is 42.4 Å². The molecule has 148 valence electrons. The molecular weight excluding hydrogens is 354 g/mol. The smallest absolute Gasteiger partial charge is 0.234 e. The first-order chi connectivity index (χ1) is 13.4. The van der Waals surface area contributed by atoms with E-state index >= 15 is 0 Å². The van der Waals surface area contributed by atoms with Gasteiger partial charge in [-0.05, 0) is 44.0 Å². The maximum atomic E-state index is 12.8. The molecule has 0 spiro atoms. The zero-order valence-corrected chi connectivity index (χ0v) is 16.7. The minimum atomic E-state index is -0.558. The van der Waals surface area contributed by atoms with Crippen LogP contribution in [0.5, 0.6) is 5.75 Å². The van der Waals surface area contributed by atoms with E-state index in [1.165, 1.54) is 0 Å². The average Bonchev–Trinajstić information content (AvgIpc) is 3.05. The average molecular weight is 381 g/mol. The summed E-state index contributed by atoms with van der Waals surface area (Å²) in [4.78, 5) is 14.7.